The Morgan fingerprint density at radius 3 is 2.71 bits per heavy atom. The molecule has 0 aromatic heterocycles. The molecule has 0 aliphatic carbocycles. The topological polar surface area (TPSA) is 49.4 Å². The summed E-state index contributed by atoms with van der Waals surface area (Å²) in [6.45, 7) is 3.40. The first-order chi connectivity index (χ1) is 10.2. The van der Waals surface area contributed by atoms with Gasteiger partial charge in [0.1, 0.15) is 0 Å². The lowest BCUT2D eigenvalue weighted by Gasteiger charge is -2.35. The van der Waals surface area contributed by atoms with E-state index in [9.17, 15) is 9.59 Å². The summed E-state index contributed by atoms with van der Waals surface area (Å²) in [5, 5.41) is 2.82. The summed E-state index contributed by atoms with van der Waals surface area (Å²) < 4.78 is 0. The third kappa shape index (κ3) is 4.31. The van der Waals surface area contributed by atoms with Gasteiger partial charge in [0.05, 0.1) is 0 Å². The van der Waals surface area contributed by atoms with E-state index in [0.29, 0.717) is 24.6 Å². The lowest BCUT2D eigenvalue weighted by atomic mass is 9.99. The van der Waals surface area contributed by atoms with Crippen LogP contribution in [0.5, 0.6) is 0 Å². The molecule has 1 fully saturated rings. The van der Waals surface area contributed by atoms with Crippen LogP contribution in [0.15, 0.2) is 30.3 Å². The minimum absolute atomic E-state index is 0.117. The number of hydrogen-bond donors (Lipinski definition) is 1. The molecule has 114 valence electrons. The molecule has 1 atom stereocenters. The van der Waals surface area contributed by atoms with Gasteiger partial charge in [-0.25, -0.2) is 0 Å². The Morgan fingerprint density at radius 2 is 2.00 bits per heavy atom. The van der Waals surface area contributed by atoms with Gasteiger partial charge in [0, 0.05) is 31.1 Å². The summed E-state index contributed by atoms with van der Waals surface area (Å²) in [5.41, 5.74) is 0.634. The predicted molar refractivity (Wildman–Crippen MR) is 83.0 cm³/mol. The van der Waals surface area contributed by atoms with Crippen LogP contribution in [0.2, 0.25) is 0 Å². The fourth-order valence-corrected chi connectivity index (χ4v) is 2.87. The maximum atomic E-state index is 12.3. The summed E-state index contributed by atoms with van der Waals surface area (Å²) in [6.07, 6.45) is 4.82. The Labute approximate surface area is 126 Å². The quantitative estimate of drug-likeness (QED) is 0.905. The summed E-state index contributed by atoms with van der Waals surface area (Å²) in [6, 6.07) is 9.47. The van der Waals surface area contributed by atoms with E-state index < -0.39 is 0 Å². The van der Waals surface area contributed by atoms with E-state index in [2.05, 4.69) is 12.2 Å². The van der Waals surface area contributed by atoms with E-state index in [-0.39, 0.29) is 11.8 Å². The third-order valence-corrected chi connectivity index (χ3v) is 4.08. The van der Waals surface area contributed by atoms with Crippen LogP contribution in [0.3, 0.4) is 0 Å². The second kappa shape index (κ2) is 7.81. The van der Waals surface area contributed by atoms with Crippen LogP contribution in [0.4, 0.5) is 0 Å². The minimum Gasteiger partial charge on any atom is -0.352 e. The summed E-state index contributed by atoms with van der Waals surface area (Å²) in [7, 11) is 0. The third-order valence-electron chi connectivity index (χ3n) is 4.08. The van der Waals surface area contributed by atoms with Crippen molar-refractivity contribution in [3.8, 4) is 0 Å². The number of nitrogens with one attached hydrogen (secondary N) is 1. The van der Waals surface area contributed by atoms with Gasteiger partial charge >= 0.3 is 0 Å². The average molecular weight is 288 g/mol. The lowest BCUT2D eigenvalue weighted by molar-refractivity contribution is -0.134. The molecular formula is C17H24N2O2. The molecular weight excluding hydrogens is 264 g/mol. The smallest absolute Gasteiger partial charge is 0.251 e. The van der Waals surface area contributed by atoms with E-state index in [1.165, 1.54) is 6.42 Å². The number of carbonyl (C=O) groups is 2. The highest BCUT2D eigenvalue weighted by molar-refractivity contribution is 5.94. The molecule has 0 bridgehead atoms. The van der Waals surface area contributed by atoms with Crippen LogP contribution in [-0.2, 0) is 4.79 Å². The number of likely N-dealkylation sites (tertiary alicyclic amines) is 1. The molecule has 4 heteroatoms. The van der Waals surface area contributed by atoms with Crippen LogP contribution < -0.4 is 5.32 Å². The van der Waals surface area contributed by atoms with Gasteiger partial charge in [0.15, 0.2) is 0 Å². The van der Waals surface area contributed by atoms with Gasteiger partial charge < -0.3 is 10.2 Å². The highest BCUT2D eigenvalue weighted by atomic mass is 16.2. The van der Waals surface area contributed by atoms with Crippen LogP contribution in [0.1, 0.15) is 49.4 Å². The summed E-state index contributed by atoms with van der Waals surface area (Å²) >= 11 is 0. The normalized spacial score (nSPS) is 18.3. The maximum absolute atomic E-state index is 12.3. The summed E-state index contributed by atoms with van der Waals surface area (Å²) in [4.78, 5) is 26.1. The molecule has 2 amide bonds. The molecule has 0 spiro atoms. The molecule has 1 saturated heterocycles. The molecule has 1 heterocycles. The van der Waals surface area contributed by atoms with Gasteiger partial charge in [-0.15, -0.1) is 0 Å². The van der Waals surface area contributed by atoms with E-state index in [0.717, 1.165) is 25.8 Å². The molecule has 21 heavy (non-hydrogen) atoms. The maximum Gasteiger partial charge on any atom is 0.251 e. The van der Waals surface area contributed by atoms with Crippen LogP contribution in [0.25, 0.3) is 0 Å². The van der Waals surface area contributed by atoms with E-state index >= 15 is 0 Å². The van der Waals surface area contributed by atoms with Crippen LogP contribution in [-0.4, -0.2) is 35.8 Å². The molecule has 1 aromatic rings. The summed E-state index contributed by atoms with van der Waals surface area (Å²) in [5.74, 6) is 0.0454. The van der Waals surface area contributed by atoms with Crippen molar-refractivity contribution >= 4 is 11.8 Å². The van der Waals surface area contributed by atoms with E-state index in [4.69, 9.17) is 0 Å². The zero-order valence-electron chi connectivity index (χ0n) is 12.7. The van der Waals surface area contributed by atoms with Gasteiger partial charge in [-0.1, -0.05) is 25.1 Å². The minimum atomic E-state index is -0.117. The van der Waals surface area contributed by atoms with E-state index in [1.807, 2.05) is 23.1 Å². The predicted octanol–water partition coefficient (Wildman–Crippen LogP) is 2.60. The lowest BCUT2D eigenvalue weighted by Crippen LogP contribution is -2.44. The van der Waals surface area contributed by atoms with Crippen molar-refractivity contribution in [3.05, 3.63) is 35.9 Å². The van der Waals surface area contributed by atoms with Crippen molar-refractivity contribution in [1.29, 1.82) is 0 Å². The highest BCUT2D eigenvalue weighted by Gasteiger charge is 2.24. The number of benzene rings is 1. The zero-order valence-corrected chi connectivity index (χ0v) is 12.7. The number of hydrogen-bond acceptors (Lipinski definition) is 2. The van der Waals surface area contributed by atoms with Gasteiger partial charge in [0.2, 0.25) is 5.91 Å². The average Bonchev–Trinajstić information content (AvgIpc) is 2.55. The molecule has 1 aliphatic heterocycles. The fourth-order valence-electron chi connectivity index (χ4n) is 2.87. The standard InChI is InChI=1S/C17H24N2O2/c1-2-15-10-6-7-13-19(15)16(20)11-12-18-17(21)14-8-4-3-5-9-14/h3-5,8-9,15H,2,6-7,10-13H2,1H3,(H,18,21). The molecule has 1 aliphatic rings. The second-order valence-electron chi connectivity index (χ2n) is 5.52. The first-order valence-corrected chi connectivity index (χ1v) is 7.85. The number of amides is 2. The Hall–Kier alpha value is -1.84. The number of rotatable bonds is 5. The van der Waals surface area contributed by atoms with Gasteiger partial charge in [-0.05, 0) is 37.8 Å². The van der Waals surface area contributed by atoms with Crippen molar-refractivity contribution in [2.24, 2.45) is 0 Å². The van der Waals surface area contributed by atoms with E-state index in [1.54, 1.807) is 12.1 Å². The first kappa shape index (κ1) is 15.5. The van der Waals surface area contributed by atoms with Crippen molar-refractivity contribution in [1.82, 2.24) is 10.2 Å². The number of piperidine rings is 1. The number of nitrogens with zero attached hydrogens (tertiary/aromatic N) is 1. The molecule has 1 aromatic carbocycles. The van der Waals surface area contributed by atoms with Gasteiger partial charge in [0.25, 0.3) is 5.91 Å². The Bertz CT molecular complexity index is 473. The van der Waals surface area contributed by atoms with Crippen molar-refractivity contribution in [3.63, 3.8) is 0 Å². The van der Waals surface area contributed by atoms with Crippen LogP contribution in [0, 0.1) is 0 Å². The van der Waals surface area contributed by atoms with Crippen molar-refractivity contribution < 1.29 is 9.59 Å². The fraction of sp³-hybridized carbons (Fsp3) is 0.529. The van der Waals surface area contributed by atoms with Crippen LogP contribution >= 0.6 is 0 Å². The number of carbonyl (C=O) groups excluding carboxylic acids is 2. The molecule has 2 rings (SSSR count). The van der Waals surface area contributed by atoms with Crippen molar-refractivity contribution in [2.75, 3.05) is 13.1 Å². The SMILES string of the molecule is CCC1CCCCN1C(=O)CCNC(=O)c1ccccc1. The Kier molecular flexibility index (Phi) is 5.78. The molecule has 4 nitrogen and oxygen atoms in total. The molecule has 1 N–H and O–H groups in total. The monoisotopic (exact) mass is 288 g/mol. The molecule has 0 radical (unpaired) electrons. The molecule has 0 saturated carbocycles. The highest BCUT2D eigenvalue weighted by Crippen LogP contribution is 2.20. The van der Waals surface area contributed by atoms with Gasteiger partial charge in [-0.2, -0.15) is 0 Å². The zero-order chi connectivity index (χ0) is 15.1. The Morgan fingerprint density at radius 1 is 1.24 bits per heavy atom. The Balaban J connectivity index is 1.77. The first-order valence-electron chi connectivity index (χ1n) is 7.85. The van der Waals surface area contributed by atoms with Crippen molar-refractivity contribution in [2.45, 2.75) is 45.1 Å². The second-order valence-corrected chi connectivity index (χ2v) is 5.52. The largest absolute Gasteiger partial charge is 0.352 e. The van der Waals surface area contributed by atoms with Gasteiger partial charge in [-0.3, -0.25) is 9.59 Å². The molecule has 1 unspecified atom stereocenters.